The molecule has 0 bridgehead atoms. The third kappa shape index (κ3) is 3.36. The van der Waals surface area contributed by atoms with Crippen molar-refractivity contribution in [3.63, 3.8) is 0 Å². The van der Waals surface area contributed by atoms with Gasteiger partial charge in [-0.05, 0) is 24.3 Å². The summed E-state index contributed by atoms with van der Waals surface area (Å²) in [5.41, 5.74) is 1.16. The van der Waals surface area contributed by atoms with Gasteiger partial charge in [-0.3, -0.25) is 9.48 Å². The summed E-state index contributed by atoms with van der Waals surface area (Å²) in [6.45, 7) is 0.614. The maximum atomic E-state index is 13.1. The smallest absolute Gasteiger partial charge is 0.265 e. The van der Waals surface area contributed by atoms with Gasteiger partial charge in [0.15, 0.2) is 5.82 Å². The van der Waals surface area contributed by atoms with Crippen LogP contribution in [-0.2, 0) is 7.05 Å². The first-order valence-corrected chi connectivity index (χ1v) is 9.66. The number of carbonyl (C=O) groups is 1. The molecule has 1 unspecified atom stereocenters. The Balaban J connectivity index is 1.66. The van der Waals surface area contributed by atoms with Crippen molar-refractivity contribution in [2.24, 2.45) is 7.05 Å². The van der Waals surface area contributed by atoms with Crippen LogP contribution in [0.3, 0.4) is 0 Å². The molecule has 0 spiro atoms. The van der Waals surface area contributed by atoms with Crippen LogP contribution in [-0.4, -0.2) is 37.3 Å². The first kappa shape index (κ1) is 17.4. The molecule has 4 heterocycles. The predicted molar refractivity (Wildman–Crippen MR) is 97.8 cm³/mol. The molecular formula is C18H18N6O2S. The lowest BCUT2D eigenvalue weighted by atomic mass is 10.1. The normalized spacial score (nSPS) is 17.5. The van der Waals surface area contributed by atoms with Gasteiger partial charge in [-0.1, -0.05) is 18.0 Å². The van der Waals surface area contributed by atoms with Gasteiger partial charge in [-0.15, -0.1) is 11.3 Å². The summed E-state index contributed by atoms with van der Waals surface area (Å²) in [6.07, 6.45) is 7.19. The van der Waals surface area contributed by atoms with E-state index in [-0.39, 0.29) is 11.9 Å². The molecule has 0 aromatic carbocycles. The summed E-state index contributed by atoms with van der Waals surface area (Å²) in [5.74, 6) is 0.754. The van der Waals surface area contributed by atoms with Crippen molar-refractivity contribution in [2.45, 2.75) is 31.7 Å². The van der Waals surface area contributed by atoms with Gasteiger partial charge < -0.3 is 9.42 Å². The molecule has 0 N–H and O–H groups in total. The van der Waals surface area contributed by atoms with Crippen molar-refractivity contribution in [1.29, 1.82) is 5.26 Å². The van der Waals surface area contributed by atoms with Crippen molar-refractivity contribution >= 4 is 17.2 Å². The van der Waals surface area contributed by atoms with Crippen LogP contribution in [0.2, 0.25) is 0 Å². The molecule has 1 amide bonds. The largest absolute Gasteiger partial charge is 0.334 e. The van der Waals surface area contributed by atoms with Gasteiger partial charge in [0.1, 0.15) is 10.9 Å². The Morgan fingerprint density at radius 3 is 3.07 bits per heavy atom. The number of likely N-dealkylation sites (tertiary alicyclic amines) is 1. The van der Waals surface area contributed by atoms with Gasteiger partial charge in [-0.2, -0.15) is 15.3 Å². The Morgan fingerprint density at radius 1 is 1.41 bits per heavy atom. The summed E-state index contributed by atoms with van der Waals surface area (Å²) < 4.78 is 7.09. The second-order valence-electron chi connectivity index (χ2n) is 6.50. The van der Waals surface area contributed by atoms with Gasteiger partial charge in [0.2, 0.25) is 0 Å². The number of nitriles is 1. The number of hydrogen-bond donors (Lipinski definition) is 0. The highest BCUT2D eigenvalue weighted by Gasteiger charge is 2.32. The molecule has 1 atom stereocenters. The number of aromatic nitrogens is 4. The van der Waals surface area contributed by atoms with E-state index in [0.29, 0.717) is 28.7 Å². The molecule has 0 aliphatic carbocycles. The molecule has 1 saturated heterocycles. The Hall–Kier alpha value is -2.99. The highest BCUT2D eigenvalue weighted by Crippen LogP contribution is 2.32. The van der Waals surface area contributed by atoms with Gasteiger partial charge >= 0.3 is 0 Å². The SMILES string of the molecule is Cn1cc(-c2nc(C3CCCCCN3C(=O)c3sccc3C#N)no2)cn1. The molecule has 0 saturated carbocycles. The van der Waals surface area contributed by atoms with E-state index in [9.17, 15) is 10.1 Å². The van der Waals surface area contributed by atoms with Gasteiger partial charge in [0, 0.05) is 19.8 Å². The fourth-order valence-electron chi connectivity index (χ4n) is 3.33. The van der Waals surface area contributed by atoms with E-state index in [2.05, 4.69) is 21.3 Å². The minimum atomic E-state index is -0.261. The number of rotatable bonds is 3. The summed E-state index contributed by atoms with van der Waals surface area (Å²) in [4.78, 5) is 19.9. The Bertz CT molecular complexity index is 998. The molecule has 1 aliphatic rings. The van der Waals surface area contributed by atoms with Gasteiger partial charge in [-0.25, -0.2) is 0 Å². The summed E-state index contributed by atoms with van der Waals surface area (Å²) in [5, 5.41) is 19.3. The lowest BCUT2D eigenvalue weighted by Gasteiger charge is -2.27. The zero-order chi connectivity index (χ0) is 18.8. The number of aryl methyl sites for hydroxylation is 1. The number of nitrogens with zero attached hydrogens (tertiary/aromatic N) is 6. The lowest BCUT2D eigenvalue weighted by molar-refractivity contribution is 0.0675. The number of thiophene rings is 1. The number of amides is 1. The second-order valence-corrected chi connectivity index (χ2v) is 7.42. The van der Waals surface area contributed by atoms with Crippen LogP contribution in [0, 0.1) is 11.3 Å². The molecule has 1 aliphatic heterocycles. The molecule has 3 aromatic heterocycles. The minimum Gasteiger partial charge on any atom is -0.334 e. The molecule has 138 valence electrons. The summed E-state index contributed by atoms with van der Waals surface area (Å²) in [7, 11) is 1.82. The Morgan fingerprint density at radius 2 is 2.30 bits per heavy atom. The maximum Gasteiger partial charge on any atom is 0.265 e. The van der Waals surface area contributed by atoms with Crippen LogP contribution in [0.5, 0.6) is 0 Å². The molecule has 9 heteroatoms. The van der Waals surface area contributed by atoms with E-state index in [0.717, 1.165) is 31.2 Å². The first-order chi connectivity index (χ1) is 13.2. The predicted octanol–water partition coefficient (Wildman–Crippen LogP) is 3.16. The highest BCUT2D eigenvalue weighted by atomic mass is 32.1. The highest BCUT2D eigenvalue weighted by molar-refractivity contribution is 7.12. The van der Waals surface area contributed by atoms with E-state index >= 15 is 0 Å². The number of hydrogen-bond acceptors (Lipinski definition) is 7. The third-order valence-electron chi connectivity index (χ3n) is 4.69. The van der Waals surface area contributed by atoms with Crippen LogP contribution in [0.4, 0.5) is 0 Å². The van der Waals surface area contributed by atoms with E-state index < -0.39 is 0 Å². The molecule has 4 rings (SSSR count). The molecular weight excluding hydrogens is 364 g/mol. The van der Waals surface area contributed by atoms with Crippen LogP contribution >= 0.6 is 11.3 Å². The molecule has 27 heavy (non-hydrogen) atoms. The number of carbonyl (C=O) groups excluding carboxylic acids is 1. The molecule has 8 nitrogen and oxygen atoms in total. The van der Waals surface area contributed by atoms with Crippen LogP contribution in [0.15, 0.2) is 28.4 Å². The second kappa shape index (κ2) is 7.32. The van der Waals surface area contributed by atoms with Gasteiger partial charge in [0.25, 0.3) is 11.8 Å². The lowest BCUT2D eigenvalue weighted by Crippen LogP contribution is -2.35. The quantitative estimate of drug-likeness (QED) is 0.690. The third-order valence-corrected chi connectivity index (χ3v) is 5.59. The van der Waals surface area contributed by atoms with Gasteiger partial charge in [0.05, 0.1) is 23.4 Å². The van der Waals surface area contributed by atoms with Crippen molar-refractivity contribution in [1.82, 2.24) is 24.8 Å². The first-order valence-electron chi connectivity index (χ1n) is 8.78. The van der Waals surface area contributed by atoms with Crippen molar-refractivity contribution in [2.75, 3.05) is 6.54 Å². The molecule has 1 fully saturated rings. The minimum absolute atomic E-state index is 0.138. The summed E-state index contributed by atoms with van der Waals surface area (Å²) in [6, 6.07) is 3.52. The summed E-state index contributed by atoms with van der Waals surface area (Å²) >= 11 is 1.30. The monoisotopic (exact) mass is 382 g/mol. The standard InChI is InChI=1S/C18H18N6O2S/c1-23-11-13(10-20-23)17-21-16(22-26-17)14-5-3-2-4-7-24(14)18(25)15-12(9-19)6-8-27-15/h6,8,10-11,14H,2-5,7H2,1H3. The fraction of sp³-hybridized carbons (Fsp3) is 0.389. The van der Waals surface area contributed by atoms with E-state index in [1.165, 1.54) is 11.3 Å². The van der Waals surface area contributed by atoms with Crippen molar-refractivity contribution in [3.8, 4) is 17.5 Å². The Labute approximate surface area is 160 Å². The zero-order valence-electron chi connectivity index (χ0n) is 14.8. The van der Waals surface area contributed by atoms with E-state index in [1.807, 2.05) is 7.05 Å². The van der Waals surface area contributed by atoms with Crippen LogP contribution in [0.25, 0.3) is 11.5 Å². The van der Waals surface area contributed by atoms with Crippen LogP contribution < -0.4 is 0 Å². The average Bonchev–Trinajstić information content (AvgIpc) is 3.39. The average molecular weight is 382 g/mol. The van der Waals surface area contributed by atoms with Crippen molar-refractivity contribution in [3.05, 3.63) is 40.1 Å². The maximum absolute atomic E-state index is 13.1. The topological polar surface area (TPSA) is 101 Å². The van der Waals surface area contributed by atoms with E-state index in [4.69, 9.17) is 4.52 Å². The molecule has 0 radical (unpaired) electrons. The van der Waals surface area contributed by atoms with Crippen LogP contribution in [0.1, 0.15) is 52.8 Å². The Kier molecular flexibility index (Phi) is 4.73. The van der Waals surface area contributed by atoms with E-state index in [1.54, 1.807) is 33.4 Å². The van der Waals surface area contributed by atoms with Crippen molar-refractivity contribution < 1.29 is 9.32 Å². The fourth-order valence-corrected chi connectivity index (χ4v) is 4.13. The zero-order valence-corrected chi connectivity index (χ0v) is 15.6. The molecule has 3 aromatic rings.